The lowest BCUT2D eigenvalue weighted by Crippen LogP contribution is -2.38. The Bertz CT molecular complexity index is 2100. The summed E-state index contributed by atoms with van der Waals surface area (Å²) < 4.78 is 20.5. The van der Waals surface area contributed by atoms with E-state index >= 15 is 0 Å². The van der Waals surface area contributed by atoms with Crippen LogP contribution in [-0.4, -0.2) is 18.8 Å². The molecule has 1 aromatic heterocycles. The maximum Gasteiger partial charge on any atom is 0.271 e. The lowest BCUT2D eigenvalue weighted by atomic mass is 9.83. The first-order valence-corrected chi connectivity index (χ1v) is 16.0. The van der Waals surface area contributed by atoms with Crippen LogP contribution in [0.1, 0.15) is 40.3 Å². The van der Waals surface area contributed by atoms with Crippen LogP contribution in [0.2, 0.25) is 0 Å². The van der Waals surface area contributed by atoms with Crippen molar-refractivity contribution in [2.24, 2.45) is 4.99 Å². The number of benzene rings is 4. The molecule has 0 N–H and O–H groups in total. The molecular weight excluding hydrogens is 636 g/mol. The average molecular weight is 666 g/mol. The highest BCUT2D eigenvalue weighted by atomic mass is 79.9. The number of rotatable bonds is 7. The molecule has 0 saturated heterocycles. The minimum absolute atomic E-state index is 0.0699. The minimum atomic E-state index is -0.308. The molecule has 5 aromatic rings. The minimum Gasteiger partial charge on any atom is -0.493 e. The Labute approximate surface area is 267 Å². The molecule has 1 atom stereocenters. The van der Waals surface area contributed by atoms with Crippen LogP contribution in [0.15, 0.2) is 111 Å². The maximum atomic E-state index is 14.2. The first-order valence-electron chi connectivity index (χ1n) is 14.4. The standard InChI is InChI=1S/C36H29BrN2O4S/c1-41-30-17-14-25(20-31(30)42-2)34-27-15-13-24-10-6-7-11-26(24)33(27)38-36-39(34)35(40)32(44-36)19-23-12-16-29(28(37)18-23)43-21-22-8-4-3-5-9-22/h3-12,14,16-20,34H,13,15,21H2,1-2H3/b32-19+/t34-/m1/s1. The topological polar surface area (TPSA) is 62.0 Å². The van der Waals surface area contributed by atoms with Crippen molar-refractivity contribution >= 4 is 39.0 Å². The van der Waals surface area contributed by atoms with Gasteiger partial charge >= 0.3 is 0 Å². The van der Waals surface area contributed by atoms with Crippen LogP contribution in [0.25, 0.3) is 11.8 Å². The van der Waals surface area contributed by atoms with E-state index in [0.29, 0.717) is 27.4 Å². The van der Waals surface area contributed by atoms with Crippen molar-refractivity contribution in [2.75, 3.05) is 14.2 Å². The van der Waals surface area contributed by atoms with E-state index in [-0.39, 0.29) is 11.6 Å². The van der Waals surface area contributed by atoms with E-state index in [1.54, 1.807) is 14.2 Å². The van der Waals surface area contributed by atoms with Crippen LogP contribution in [-0.2, 0) is 13.0 Å². The summed E-state index contributed by atoms with van der Waals surface area (Å²) in [6.45, 7) is 0.474. The van der Waals surface area contributed by atoms with Crippen LogP contribution in [0.5, 0.6) is 17.2 Å². The van der Waals surface area contributed by atoms with Gasteiger partial charge in [0, 0.05) is 5.56 Å². The number of ether oxygens (including phenoxy) is 3. The second-order valence-corrected chi connectivity index (χ2v) is 12.6. The van der Waals surface area contributed by atoms with E-state index in [9.17, 15) is 4.79 Å². The Morgan fingerprint density at radius 3 is 2.48 bits per heavy atom. The molecule has 0 bridgehead atoms. The van der Waals surface area contributed by atoms with Crippen LogP contribution in [0.4, 0.5) is 0 Å². The number of hydrogen-bond acceptors (Lipinski definition) is 6. The van der Waals surface area contributed by atoms with Gasteiger partial charge in [-0.2, -0.15) is 0 Å². The van der Waals surface area contributed by atoms with Gasteiger partial charge in [0.05, 0.1) is 35.0 Å². The number of halogens is 1. The SMILES string of the molecule is COc1ccc([C@@H]2C3=C(N=c4s/c(=C/c5ccc(OCc6ccccc6)c(Br)c5)c(=O)n42)c2ccccc2CC3)cc1OC. The van der Waals surface area contributed by atoms with Crippen molar-refractivity contribution in [1.82, 2.24) is 4.57 Å². The summed E-state index contributed by atoms with van der Waals surface area (Å²) in [7, 11) is 3.25. The van der Waals surface area contributed by atoms with Crippen LogP contribution < -0.4 is 29.1 Å². The molecule has 2 aliphatic rings. The zero-order chi connectivity index (χ0) is 30.2. The molecule has 0 fully saturated rings. The molecule has 0 spiro atoms. The van der Waals surface area contributed by atoms with Gasteiger partial charge in [-0.25, -0.2) is 4.99 Å². The highest BCUT2D eigenvalue weighted by molar-refractivity contribution is 9.10. The molecule has 0 saturated carbocycles. The van der Waals surface area contributed by atoms with E-state index in [2.05, 4.69) is 40.2 Å². The van der Waals surface area contributed by atoms with Gasteiger partial charge in [0.25, 0.3) is 5.56 Å². The van der Waals surface area contributed by atoms with Gasteiger partial charge in [-0.1, -0.05) is 78.1 Å². The Balaban J connectivity index is 1.32. The number of thiazole rings is 1. The summed E-state index contributed by atoms with van der Waals surface area (Å²) in [5.41, 5.74) is 7.38. The van der Waals surface area contributed by atoms with E-state index < -0.39 is 0 Å². The first-order chi connectivity index (χ1) is 21.5. The van der Waals surface area contributed by atoms with Gasteiger partial charge in [0.2, 0.25) is 0 Å². The number of aryl methyl sites for hydroxylation is 1. The van der Waals surface area contributed by atoms with Crippen molar-refractivity contribution in [3.63, 3.8) is 0 Å². The quantitative estimate of drug-likeness (QED) is 0.195. The molecular formula is C36H29BrN2O4S. The smallest absolute Gasteiger partial charge is 0.271 e. The molecule has 1 aliphatic heterocycles. The summed E-state index contributed by atoms with van der Waals surface area (Å²) in [6, 6.07) is 29.9. The van der Waals surface area contributed by atoms with Crippen molar-refractivity contribution in [3.05, 3.63) is 149 Å². The van der Waals surface area contributed by atoms with Gasteiger partial charge in [-0.05, 0) is 86.9 Å². The monoisotopic (exact) mass is 664 g/mol. The molecule has 0 unspecified atom stereocenters. The molecule has 0 radical (unpaired) electrons. The lowest BCUT2D eigenvalue weighted by molar-refractivity contribution is 0.304. The Hall–Kier alpha value is -4.40. The van der Waals surface area contributed by atoms with Gasteiger partial charge in [-0.15, -0.1) is 0 Å². The van der Waals surface area contributed by atoms with E-state index in [0.717, 1.165) is 56.6 Å². The van der Waals surface area contributed by atoms with Crippen LogP contribution in [0, 0.1) is 0 Å². The average Bonchev–Trinajstić information content (AvgIpc) is 3.37. The number of aromatic nitrogens is 1. The summed E-state index contributed by atoms with van der Waals surface area (Å²) in [5, 5.41) is 0. The number of fused-ring (bicyclic) bond motifs is 3. The lowest BCUT2D eigenvalue weighted by Gasteiger charge is -2.31. The third-order valence-electron chi connectivity index (χ3n) is 8.09. The van der Waals surface area contributed by atoms with E-state index in [1.807, 2.05) is 77.4 Å². The number of allylic oxidation sites excluding steroid dienone is 1. The van der Waals surface area contributed by atoms with Gasteiger partial charge in [0.15, 0.2) is 16.3 Å². The van der Waals surface area contributed by atoms with Crippen molar-refractivity contribution in [1.29, 1.82) is 0 Å². The van der Waals surface area contributed by atoms with Gasteiger partial charge in [0.1, 0.15) is 12.4 Å². The summed E-state index contributed by atoms with van der Waals surface area (Å²) in [4.78, 5) is 20.0. The fourth-order valence-corrected chi connectivity index (χ4v) is 7.47. The summed E-state index contributed by atoms with van der Waals surface area (Å²) >= 11 is 5.07. The Morgan fingerprint density at radius 2 is 1.68 bits per heavy atom. The molecule has 220 valence electrons. The van der Waals surface area contributed by atoms with E-state index in [4.69, 9.17) is 19.2 Å². The molecule has 44 heavy (non-hydrogen) atoms. The molecule has 8 heteroatoms. The zero-order valence-corrected chi connectivity index (χ0v) is 26.7. The number of nitrogens with zero attached hydrogens (tertiary/aromatic N) is 2. The normalized spacial score (nSPS) is 15.6. The predicted octanol–water partition coefficient (Wildman–Crippen LogP) is 6.68. The second kappa shape index (κ2) is 11.9. The maximum absolute atomic E-state index is 14.2. The number of methoxy groups -OCH3 is 2. The van der Waals surface area contributed by atoms with Crippen molar-refractivity contribution in [3.8, 4) is 17.2 Å². The molecule has 4 aromatic carbocycles. The second-order valence-electron chi connectivity index (χ2n) is 10.7. The Kier molecular flexibility index (Phi) is 7.70. The largest absolute Gasteiger partial charge is 0.493 e. The highest BCUT2D eigenvalue weighted by Crippen LogP contribution is 2.42. The van der Waals surface area contributed by atoms with Crippen LogP contribution >= 0.6 is 27.3 Å². The highest BCUT2D eigenvalue weighted by Gasteiger charge is 2.33. The van der Waals surface area contributed by atoms with Crippen molar-refractivity contribution in [2.45, 2.75) is 25.5 Å². The first kappa shape index (κ1) is 28.4. The fraction of sp³-hybridized carbons (Fsp3) is 0.167. The fourth-order valence-electron chi connectivity index (χ4n) is 5.96. The van der Waals surface area contributed by atoms with Gasteiger partial charge < -0.3 is 14.2 Å². The molecule has 6 nitrogen and oxygen atoms in total. The predicted molar refractivity (Wildman–Crippen MR) is 177 cm³/mol. The zero-order valence-electron chi connectivity index (χ0n) is 24.2. The van der Waals surface area contributed by atoms with Crippen molar-refractivity contribution < 1.29 is 14.2 Å². The number of hydrogen-bond donors (Lipinski definition) is 0. The summed E-state index contributed by atoms with van der Waals surface area (Å²) in [5.74, 6) is 2.02. The van der Waals surface area contributed by atoms with Gasteiger partial charge in [-0.3, -0.25) is 9.36 Å². The van der Waals surface area contributed by atoms with E-state index in [1.165, 1.54) is 16.9 Å². The molecule has 0 amide bonds. The molecule has 1 aliphatic carbocycles. The third kappa shape index (κ3) is 5.18. The Morgan fingerprint density at radius 1 is 0.909 bits per heavy atom. The summed E-state index contributed by atoms with van der Waals surface area (Å²) in [6.07, 6.45) is 3.64. The molecule has 2 heterocycles. The molecule has 7 rings (SSSR count). The van der Waals surface area contributed by atoms with Crippen LogP contribution in [0.3, 0.4) is 0 Å². The third-order valence-corrected chi connectivity index (χ3v) is 9.69.